The fourth-order valence-electron chi connectivity index (χ4n) is 5.11. The summed E-state index contributed by atoms with van der Waals surface area (Å²) in [6, 6.07) is 13.4. The summed E-state index contributed by atoms with van der Waals surface area (Å²) in [4.78, 5) is 31.7. The van der Waals surface area contributed by atoms with Gasteiger partial charge in [0.1, 0.15) is 0 Å². The normalized spacial score (nSPS) is 16.5. The van der Waals surface area contributed by atoms with E-state index in [0.29, 0.717) is 22.7 Å². The lowest BCUT2D eigenvalue weighted by Crippen LogP contribution is -2.33. The predicted molar refractivity (Wildman–Crippen MR) is 142 cm³/mol. The molecule has 0 bridgehead atoms. The highest BCUT2D eigenvalue weighted by atomic mass is 35.5. The van der Waals surface area contributed by atoms with E-state index in [0.717, 1.165) is 59.0 Å². The first-order valence-corrected chi connectivity index (χ1v) is 12.4. The van der Waals surface area contributed by atoms with Gasteiger partial charge in [-0.15, -0.1) is 0 Å². The molecule has 1 saturated heterocycles. The summed E-state index contributed by atoms with van der Waals surface area (Å²) in [5.74, 6) is -0.256. The van der Waals surface area contributed by atoms with Gasteiger partial charge >= 0.3 is 0 Å². The minimum Gasteiger partial charge on any atom is -0.358 e. The fourth-order valence-corrected chi connectivity index (χ4v) is 5.30. The van der Waals surface area contributed by atoms with Crippen LogP contribution in [-0.2, 0) is 4.79 Å². The number of likely N-dealkylation sites (tertiary alicyclic amines) is 1. The summed E-state index contributed by atoms with van der Waals surface area (Å²) in [6.07, 6.45) is 4.31. The highest BCUT2D eigenvalue weighted by Crippen LogP contribution is 2.41. The molecule has 6 nitrogen and oxygen atoms in total. The van der Waals surface area contributed by atoms with Crippen LogP contribution in [0.4, 0.5) is 5.69 Å². The molecule has 0 unspecified atom stereocenters. The summed E-state index contributed by atoms with van der Waals surface area (Å²) in [5.41, 5.74) is 7.03. The van der Waals surface area contributed by atoms with Gasteiger partial charge in [-0.2, -0.15) is 0 Å². The molecule has 0 aliphatic carbocycles. The summed E-state index contributed by atoms with van der Waals surface area (Å²) < 4.78 is 0. The van der Waals surface area contributed by atoms with E-state index in [1.165, 1.54) is 12.8 Å². The van der Waals surface area contributed by atoms with Crippen LogP contribution in [0.3, 0.4) is 0 Å². The maximum Gasteiger partial charge on any atom is 0.256 e. The monoisotopic (exact) mass is 488 g/mol. The average molecular weight is 489 g/mol. The third kappa shape index (κ3) is 4.64. The molecule has 35 heavy (non-hydrogen) atoms. The first kappa shape index (κ1) is 23.4. The number of anilines is 1. The Hall–Kier alpha value is -3.35. The number of aryl methyl sites for hydroxylation is 1. The molecule has 7 heteroatoms. The Bertz CT molecular complexity index is 1330. The second kappa shape index (κ2) is 9.72. The molecule has 2 aliphatic rings. The number of fused-ring (bicyclic) bond motifs is 1. The Morgan fingerprint density at radius 2 is 1.91 bits per heavy atom. The van der Waals surface area contributed by atoms with Gasteiger partial charge in [0.25, 0.3) is 11.8 Å². The van der Waals surface area contributed by atoms with Crippen molar-refractivity contribution < 1.29 is 9.59 Å². The van der Waals surface area contributed by atoms with Gasteiger partial charge in [0.2, 0.25) is 0 Å². The van der Waals surface area contributed by atoms with Crippen molar-refractivity contribution in [2.45, 2.75) is 26.7 Å². The molecule has 180 valence electrons. The van der Waals surface area contributed by atoms with Crippen LogP contribution < -0.4 is 10.6 Å². The Morgan fingerprint density at radius 1 is 1.14 bits per heavy atom. The fraction of sp³-hybridized carbons (Fsp3) is 0.286. The number of carbonyl (C=O) groups excluding carboxylic acids is 2. The molecule has 3 N–H and O–H groups in total. The van der Waals surface area contributed by atoms with E-state index in [1.54, 1.807) is 0 Å². The van der Waals surface area contributed by atoms with Gasteiger partial charge in [-0.05, 0) is 80.7 Å². The first-order valence-electron chi connectivity index (χ1n) is 12.0. The van der Waals surface area contributed by atoms with Crippen LogP contribution in [0.5, 0.6) is 0 Å². The number of rotatable bonds is 6. The molecule has 0 spiro atoms. The molecule has 1 aromatic heterocycles. The lowest BCUT2D eigenvalue weighted by Gasteiger charge is -2.14. The molecule has 2 aliphatic heterocycles. The van der Waals surface area contributed by atoms with Crippen LogP contribution in [0.2, 0.25) is 5.02 Å². The van der Waals surface area contributed by atoms with Gasteiger partial charge in [-0.1, -0.05) is 35.9 Å². The van der Waals surface area contributed by atoms with Crippen molar-refractivity contribution in [3.63, 3.8) is 0 Å². The Labute approximate surface area is 210 Å². The van der Waals surface area contributed by atoms with Crippen LogP contribution in [0.25, 0.3) is 22.8 Å². The third-order valence-electron chi connectivity index (χ3n) is 6.87. The number of hydrogen-bond donors (Lipinski definition) is 3. The predicted octanol–water partition coefficient (Wildman–Crippen LogP) is 5.27. The lowest BCUT2D eigenvalue weighted by molar-refractivity contribution is -0.110. The number of hydrogen-bond acceptors (Lipinski definition) is 3. The largest absolute Gasteiger partial charge is 0.358 e. The zero-order valence-corrected chi connectivity index (χ0v) is 20.8. The molecule has 2 aromatic carbocycles. The Morgan fingerprint density at radius 3 is 2.69 bits per heavy atom. The van der Waals surface area contributed by atoms with E-state index in [9.17, 15) is 9.59 Å². The molecule has 0 radical (unpaired) electrons. The zero-order valence-electron chi connectivity index (χ0n) is 20.0. The van der Waals surface area contributed by atoms with Crippen LogP contribution >= 0.6 is 11.6 Å². The van der Waals surface area contributed by atoms with Gasteiger partial charge in [-0.25, -0.2) is 0 Å². The van der Waals surface area contributed by atoms with Gasteiger partial charge in [0.15, 0.2) is 0 Å². The number of benzene rings is 2. The van der Waals surface area contributed by atoms with E-state index in [-0.39, 0.29) is 11.8 Å². The van der Waals surface area contributed by atoms with Crippen LogP contribution in [0.1, 0.15) is 45.7 Å². The number of aromatic nitrogens is 1. The minimum absolute atomic E-state index is 0.0870. The number of carbonyl (C=O) groups is 2. The molecule has 0 saturated carbocycles. The van der Waals surface area contributed by atoms with E-state index in [2.05, 4.69) is 20.5 Å². The number of nitrogens with one attached hydrogen (secondary N) is 3. The SMILES string of the molecule is Cc1[nH]c(/C=C2\C(=O)Nc3cccc(-c4cccc(Cl)c4)c32)c(C)c1C(=O)NCCN1CCCC1. The summed E-state index contributed by atoms with van der Waals surface area (Å²) >= 11 is 6.24. The van der Waals surface area contributed by atoms with E-state index < -0.39 is 0 Å². The number of H-pyrrole nitrogens is 1. The molecule has 5 rings (SSSR count). The lowest BCUT2D eigenvalue weighted by atomic mass is 9.94. The maximum atomic E-state index is 13.0. The Balaban J connectivity index is 1.45. The number of halogens is 1. The van der Waals surface area contributed by atoms with Crippen molar-refractivity contribution in [1.82, 2.24) is 15.2 Å². The molecule has 0 atom stereocenters. The standard InChI is InChI=1S/C28H29ClN4O2/c1-17-24(31-18(2)25(17)28(35)30-11-14-33-12-3-4-13-33)16-22-26-21(19-7-5-8-20(29)15-19)9-6-10-23(26)32-27(22)34/h5-10,15-16,31H,3-4,11-14H2,1-2H3,(H,30,35)(H,32,34)/b22-16-. The van der Waals surface area contributed by atoms with Crippen molar-refractivity contribution in [2.75, 3.05) is 31.5 Å². The molecular weight excluding hydrogens is 460 g/mol. The quantitative estimate of drug-likeness (QED) is 0.414. The number of aromatic amines is 1. The van der Waals surface area contributed by atoms with Crippen molar-refractivity contribution >= 4 is 40.8 Å². The number of amides is 2. The second-order valence-corrected chi connectivity index (χ2v) is 9.66. The van der Waals surface area contributed by atoms with Crippen molar-refractivity contribution in [3.8, 4) is 11.1 Å². The summed E-state index contributed by atoms with van der Waals surface area (Å²) in [5, 5.41) is 6.67. The zero-order chi connectivity index (χ0) is 24.5. The van der Waals surface area contributed by atoms with Crippen LogP contribution in [0, 0.1) is 13.8 Å². The maximum absolute atomic E-state index is 13.0. The number of nitrogens with zero attached hydrogens (tertiary/aromatic N) is 1. The Kier molecular flexibility index (Phi) is 6.50. The van der Waals surface area contributed by atoms with E-state index in [4.69, 9.17) is 11.6 Å². The molecule has 3 heterocycles. The molecular formula is C28H29ClN4O2. The topological polar surface area (TPSA) is 77.2 Å². The van der Waals surface area contributed by atoms with E-state index in [1.807, 2.05) is 62.4 Å². The van der Waals surface area contributed by atoms with Gasteiger partial charge in [0, 0.05) is 40.8 Å². The van der Waals surface area contributed by atoms with Crippen LogP contribution in [-0.4, -0.2) is 47.9 Å². The minimum atomic E-state index is -0.169. The van der Waals surface area contributed by atoms with Gasteiger partial charge in [0.05, 0.1) is 11.1 Å². The van der Waals surface area contributed by atoms with Gasteiger partial charge in [-0.3, -0.25) is 9.59 Å². The smallest absolute Gasteiger partial charge is 0.256 e. The third-order valence-corrected chi connectivity index (χ3v) is 7.10. The average Bonchev–Trinajstić information content (AvgIpc) is 3.52. The highest BCUT2D eigenvalue weighted by Gasteiger charge is 2.28. The summed E-state index contributed by atoms with van der Waals surface area (Å²) in [7, 11) is 0. The molecule has 1 fully saturated rings. The highest BCUT2D eigenvalue weighted by molar-refractivity contribution is 6.36. The molecule has 3 aromatic rings. The van der Waals surface area contributed by atoms with Gasteiger partial charge < -0.3 is 20.5 Å². The van der Waals surface area contributed by atoms with Crippen molar-refractivity contribution in [3.05, 3.63) is 75.6 Å². The van der Waals surface area contributed by atoms with Crippen molar-refractivity contribution in [2.24, 2.45) is 0 Å². The van der Waals surface area contributed by atoms with Crippen molar-refractivity contribution in [1.29, 1.82) is 0 Å². The van der Waals surface area contributed by atoms with Crippen LogP contribution in [0.15, 0.2) is 42.5 Å². The van der Waals surface area contributed by atoms with E-state index >= 15 is 0 Å². The summed E-state index contributed by atoms with van der Waals surface area (Å²) in [6.45, 7) is 7.52. The molecule has 2 amide bonds. The first-order chi connectivity index (χ1) is 16.9. The second-order valence-electron chi connectivity index (χ2n) is 9.22.